The van der Waals surface area contributed by atoms with Crippen molar-refractivity contribution in [3.63, 3.8) is 0 Å². The van der Waals surface area contributed by atoms with Crippen LogP contribution in [0.2, 0.25) is 0 Å². The van der Waals surface area contributed by atoms with Crippen LogP contribution in [-0.2, 0) is 6.61 Å². The van der Waals surface area contributed by atoms with Crippen LogP contribution in [0.3, 0.4) is 0 Å². The molecule has 0 aliphatic rings. The Balaban J connectivity index is 1.91. The van der Waals surface area contributed by atoms with E-state index in [0.29, 0.717) is 19.1 Å². The first-order chi connectivity index (χ1) is 10.5. The first-order valence-corrected chi connectivity index (χ1v) is 8.39. The highest BCUT2D eigenvalue weighted by Crippen LogP contribution is 2.20. The Labute approximate surface area is 136 Å². The fourth-order valence-corrected chi connectivity index (χ4v) is 2.74. The van der Waals surface area contributed by atoms with Crippen molar-refractivity contribution in [2.24, 2.45) is 5.92 Å². The molecule has 0 saturated carbocycles. The molecule has 2 rings (SSSR count). The van der Waals surface area contributed by atoms with Crippen LogP contribution in [-0.4, -0.2) is 12.5 Å². The number of carbonyl (C=O) groups is 1. The minimum atomic E-state index is -0.00358. The van der Waals surface area contributed by atoms with Crippen molar-refractivity contribution in [1.29, 1.82) is 0 Å². The Morgan fingerprint density at radius 1 is 1.23 bits per heavy atom. The molecule has 0 spiro atoms. The number of hydrogen-bond donors (Lipinski definition) is 1. The maximum atomic E-state index is 12.0. The highest BCUT2D eigenvalue weighted by atomic mass is 32.1. The summed E-state index contributed by atoms with van der Waals surface area (Å²) in [5, 5.41) is 4.91. The van der Waals surface area contributed by atoms with Crippen molar-refractivity contribution in [2.45, 2.75) is 34.3 Å². The summed E-state index contributed by atoms with van der Waals surface area (Å²) in [5.74, 6) is 1.31. The Morgan fingerprint density at radius 3 is 2.68 bits per heavy atom. The van der Waals surface area contributed by atoms with E-state index in [0.717, 1.165) is 16.2 Å². The molecular formula is C18H23NO2S. The van der Waals surface area contributed by atoms with Gasteiger partial charge < -0.3 is 10.1 Å². The van der Waals surface area contributed by atoms with E-state index in [1.54, 1.807) is 0 Å². The molecule has 1 N–H and O–H groups in total. The molecule has 0 aliphatic carbocycles. The molecule has 1 aromatic heterocycles. The van der Waals surface area contributed by atoms with Crippen LogP contribution in [0.25, 0.3) is 0 Å². The van der Waals surface area contributed by atoms with Crippen LogP contribution in [0.1, 0.15) is 40.2 Å². The second kappa shape index (κ2) is 7.45. The predicted octanol–water partition coefficient (Wildman–Crippen LogP) is 4.33. The second-order valence-corrected chi connectivity index (χ2v) is 6.87. The summed E-state index contributed by atoms with van der Waals surface area (Å²) in [6.45, 7) is 9.50. The Hall–Kier alpha value is -1.81. The maximum Gasteiger partial charge on any atom is 0.261 e. The van der Waals surface area contributed by atoms with E-state index < -0.39 is 0 Å². The predicted molar refractivity (Wildman–Crippen MR) is 91.7 cm³/mol. The molecule has 1 heterocycles. The average molecular weight is 317 g/mol. The second-order valence-electron chi connectivity index (χ2n) is 5.96. The third kappa shape index (κ3) is 4.60. The first kappa shape index (κ1) is 16.6. The minimum absolute atomic E-state index is 0.00358. The lowest BCUT2D eigenvalue weighted by Crippen LogP contribution is -2.26. The molecule has 0 atom stereocenters. The zero-order chi connectivity index (χ0) is 16.1. The number of thiophene rings is 1. The molecule has 2 aromatic rings. The van der Waals surface area contributed by atoms with E-state index in [1.807, 2.05) is 23.6 Å². The molecule has 0 fully saturated rings. The summed E-state index contributed by atoms with van der Waals surface area (Å²) in [5.41, 5.74) is 3.50. The number of rotatable bonds is 6. The van der Waals surface area contributed by atoms with Crippen LogP contribution in [0.15, 0.2) is 29.6 Å². The lowest BCUT2D eigenvalue weighted by Gasteiger charge is -2.07. The number of amides is 1. The number of ether oxygens (including phenoxy) is 1. The summed E-state index contributed by atoms with van der Waals surface area (Å²) in [6.07, 6.45) is 0. The number of benzene rings is 1. The molecule has 0 saturated heterocycles. The van der Waals surface area contributed by atoms with Crippen molar-refractivity contribution in [2.75, 3.05) is 6.54 Å². The molecule has 0 unspecified atom stereocenters. The monoisotopic (exact) mass is 317 g/mol. The molecule has 22 heavy (non-hydrogen) atoms. The molecule has 0 aliphatic heterocycles. The number of aryl methyl sites for hydroxylation is 2. The Kier molecular flexibility index (Phi) is 5.61. The van der Waals surface area contributed by atoms with Crippen LogP contribution >= 0.6 is 11.3 Å². The van der Waals surface area contributed by atoms with Crippen molar-refractivity contribution < 1.29 is 9.53 Å². The van der Waals surface area contributed by atoms with Gasteiger partial charge in [0, 0.05) is 12.1 Å². The fraction of sp³-hybridized carbons (Fsp3) is 0.389. The first-order valence-electron chi connectivity index (χ1n) is 7.51. The molecule has 4 heteroatoms. The van der Waals surface area contributed by atoms with Crippen molar-refractivity contribution in [3.05, 3.63) is 51.2 Å². The maximum absolute atomic E-state index is 12.0. The van der Waals surface area contributed by atoms with Crippen LogP contribution in [0, 0.1) is 19.8 Å². The lowest BCUT2D eigenvalue weighted by atomic mass is 10.1. The van der Waals surface area contributed by atoms with Crippen LogP contribution in [0.5, 0.6) is 5.75 Å². The summed E-state index contributed by atoms with van der Waals surface area (Å²) in [7, 11) is 0. The zero-order valence-corrected chi connectivity index (χ0v) is 14.4. The lowest BCUT2D eigenvalue weighted by molar-refractivity contribution is 0.0953. The van der Waals surface area contributed by atoms with Gasteiger partial charge in [0.2, 0.25) is 0 Å². The molecule has 0 bridgehead atoms. The van der Waals surface area contributed by atoms with Gasteiger partial charge in [-0.05, 0) is 54.5 Å². The number of hydrogen-bond acceptors (Lipinski definition) is 3. The molecule has 0 radical (unpaired) electrons. The third-order valence-electron chi connectivity index (χ3n) is 3.43. The van der Waals surface area contributed by atoms with Gasteiger partial charge in [-0.1, -0.05) is 19.9 Å². The largest absolute Gasteiger partial charge is 0.489 e. The van der Waals surface area contributed by atoms with E-state index in [1.165, 1.54) is 22.5 Å². The third-order valence-corrected chi connectivity index (χ3v) is 4.41. The normalized spacial score (nSPS) is 10.8. The van der Waals surface area contributed by atoms with Gasteiger partial charge >= 0.3 is 0 Å². The topological polar surface area (TPSA) is 38.3 Å². The quantitative estimate of drug-likeness (QED) is 0.861. The van der Waals surface area contributed by atoms with Crippen LogP contribution < -0.4 is 10.1 Å². The number of carbonyl (C=O) groups excluding carboxylic acids is 1. The van der Waals surface area contributed by atoms with E-state index in [-0.39, 0.29) is 5.91 Å². The Bertz CT molecular complexity index is 646. The van der Waals surface area contributed by atoms with Gasteiger partial charge in [0.05, 0.1) is 4.88 Å². The molecule has 118 valence electrons. The van der Waals surface area contributed by atoms with E-state index in [9.17, 15) is 4.79 Å². The average Bonchev–Trinajstić information content (AvgIpc) is 2.95. The van der Waals surface area contributed by atoms with Gasteiger partial charge in [-0.15, -0.1) is 11.3 Å². The highest BCUT2D eigenvalue weighted by Gasteiger charge is 2.09. The minimum Gasteiger partial charge on any atom is -0.489 e. The summed E-state index contributed by atoms with van der Waals surface area (Å²) < 4.78 is 5.79. The molecule has 1 aromatic carbocycles. The highest BCUT2D eigenvalue weighted by molar-refractivity contribution is 7.12. The van der Waals surface area contributed by atoms with E-state index >= 15 is 0 Å². The van der Waals surface area contributed by atoms with Gasteiger partial charge in [0.15, 0.2) is 0 Å². The molecule has 1 amide bonds. The van der Waals surface area contributed by atoms with E-state index in [2.05, 4.69) is 39.1 Å². The number of nitrogens with one attached hydrogen (secondary N) is 1. The van der Waals surface area contributed by atoms with Gasteiger partial charge in [0.25, 0.3) is 5.91 Å². The van der Waals surface area contributed by atoms with Crippen molar-refractivity contribution >= 4 is 17.2 Å². The fourth-order valence-electron chi connectivity index (χ4n) is 1.92. The van der Waals surface area contributed by atoms with E-state index in [4.69, 9.17) is 4.74 Å². The van der Waals surface area contributed by atoms with Crippen LogP contribution in [0.4, 0.5) is 0 Å². The zero-order valence-electron chi connectivity index (χ0n) is 13.6. The van der Waals surface area contributed by atoms with Gasteiger partial charge in [-0.2, -0.15) is 0 Å². The van der Waals surface area contributed by atoms with Gasteiger partial charge in [-0.25, -0.2) is 0 Å². The van der Waals surface area contributed by atoms with Gasteiger partial charge in [0.1, 0.15) is 12.4 Å². The molecule has 3 nitrogen and oxygen atoms in total. The standard InChI is InChI=1S/C18H23NO2S/c1-12(2)9-19-18(20)17-8-15(11-22-17)10-21-16-6-5-13(3)14(4)7-16/h5-8,11-12H,9-10H2,1-4H3,(H,19,20). The molecular weight excluding hydrogens is 294 g/mol. The summed E-state index contributed by atoms with van der Waals surface area (Å²) >= 11 is 1.46. The van der Waals surface area contributed by atoms with Crippen molar-refractivity contribution in [1.82, 2.24) is 5.32 Å². The smallest absolute Gasteiger partial charge is 0.261 e. The van der Waals surface area contributed by atoms with Crippen molar-refractivity contribution in [3.8, 4) is 5.75 Å². The summed E-state index contributed by atoms with van der Waals surface area (Å²) in [4.78, 5) is 12.7. The summed E-state index contributed by atoms with van der Waals surface area (Å²) in [6, 6.07) is 7.98. The Morgan fingerprint density at radius 2 is 2.00 bits per heavy atom. The van der Waals surface area contributed by atoms with Gasteiger partial charge in [-0.3, -0.25) is 4.79 Å². The SMILES string of the molecule is Cc1ccc(OCc2csc(C(=O)NCC(C)C)c2)cc1C.